The average molecular weight is 391 g/mol. The molecule has 2 aliphatic carbocycles. The molecule has 0 saturated carbocycles. The Morgan fingerprint density at radius 2 is 1.74 bits per heavy atom. The number of rotatable bonds is 3. The number of sulfonamides is 1. The fourth-order valence-electron chi connectivity index (χ4n) is 4.60. The Hall–Kier alpha value is -1.93. The molecular formula is C19H25N3O4S. The number of carbonyl (C=O) groups excluding carboxylic acids is 2. The SMILES string of the molecule is CC(=O)N(C(=O)NS(=O)(=O)C1CCNC1)c1c2c(cc3c1CCC3)CCC2. The number of nitrogens with zero attached hydrogens (tertiary/aromatic N) is 1. The number of urea groups is 1. The van der Waals surface area contributed by atoms with Gasteiger partial charge in [-0.3, -0.25) is 4.79 Å². The number of amides is 3. The smallest absolute Gasteiger partial charge is 0.315 e. The predicted molar refractivity (Wildman–Crippen MR) is 102 cm³/mol. The molecule has 7 nitrogen and oxygen atoms in total. The number of fused-ring (bicyclic) bond motifs is 2. The molecular weight excluding hydrogens is 366 g/mol. The van der Waals surface area contributed by atoms with Gasteiger partial charge in [-0.2, -0.15) is 0 Å². The normalized spacial score (nSPS) is 21.0. The third kappa shape index (κ3) is 3.25. The molecule has 0 bridgehead atoms. The van der Waals surface area contributed by atoms with E-state index in [1.54, 1.807) is 0 Å². The van der Waals surface area contributed by atoms with Gasteiger partial charge in [0, 0.05) is 13.5 Å². The van der Waals surface area contributed by atoms with E-state index < -0.39 is 27.2 Å². The van der Waals surface area contributed by atoms with Gasteiger partial charge in [-0.1, -0.05) is 6.07 Å². The third-order valence-corrected chi connectivity index (χ3v) is 7.61. The third-order valence-electron chi connectivity index (χ3n) is 5.87. The summed E-state index contributed by atoms with van der Waals surface area (Å²) in [5.41, 5.74) is 5.07. The number of hydrogen-bond donors (Lipinski definition) is 2. The molecule has 1 aliphatic heterocycles. The Labute approximate surface area is 159 Å². The summed E-state index contributed by atoms with van der Waals surface area (Å²) in [5, 5.41) is 2.34. The summed E-state index contributed by atoms with van der Waals surface area (Å²) in [4.78, 5) is 26.5. The maximum Gasteiger partial charge on any atom is 0.342 e. The quantitative estimate of drug-likeness (QED) is 0.812. The van der Waals surface area contributed by atoms with Crippen LogP contribution in [-0.4, -0.2) is 38.7 Å². The number of benzene rings is 1. The monoisotopic (exact) mass is 391 g/mol. The summed E-state index contributed by atoms with van der Waals surface area (Å²) in [6.45, 7) is 2.24. The molecule has 1 atom stereocenters. The zero-order chi connectivity index (χ0) is 19.2. The van der Waals surface area contributed by atoms with Gasteiger partial charge in [0.05, 0.1) is 10.9 Å². The van der Waals surface area contributed by atoms with Crippen molar-refractivity contribution in [2.24, 2.45) is 0 Å². The van der Waals surface area contributed by atoms with Crippen LogP contribution in [0, 0.1) is 0 Å². The predicted octanol–water partition coefficient (Wildman–Crippen LogP) is 1.42. The highest BCUT2D eigenvalue weighted by Crippen LogP contribution is 2.40. The van der Waals surface area contributed by atoms with E-state index in [1.807, 2.05) is 0 Å². The molecule has 146 valence electrons. The zero-order valence-corrected chi connectivity index (χ0v) is 16.3. The number of aryl methyl sites for hydroxylation is 2. The molecule has 1 unspecified atom stereocenters. The maximum atomic E-state index is 13.0. The molecule has 2 N–H and O–H groups in total. The van der Waals surface area contributed by atoms with Crippen LogP contribution in [0.15, 0.2) is 6.07 Å². The molecule has 0 spiro atoms. The molecule has 0 radical (unpaired) electrons. The molecule has 1 saturated heterocycles. The Morgan fingerprint density at radius 3 is 2.26 bits per heavy atom. The largest absolute Gasteiger partial charge is 0.342 e. The van der Waals surface area contributed by atoms with Gasteiger partial charge in [-0.15, -0.1) is 0 Å². The van der Waals surface area contributed by atoms with Gasteiger partial charge in [0.1, 0.15) is 0 Å². The van der Waals surface area contributed by atoms with Crippen LogP contribution in [0.2, 0.25) is 0 Å². The van der Waals surface area contributed by atoms with Crippen LogP contribution >= 0.6 is 0 Å². The standard InChI is InChI=1S/C19H25N3O4S/c1-12(23)22(19(24)21-27(25,26)15-8-9-20-11-15)18-16-6-2-4-13(16)10-14-5-3-7-17(14)18/h10,15,20H,2-9,11H2,1H3,(H,21,24). The van der Waals surface area contributed by atoms with Crippen molar-refractivity contribution in [2.45, 2.75) is 57.1 Å². The van der Waals surface area contributed by atoms with Crippen molar-refractivity contribution in [3.05, 3.63) is 28.3 Å². The van der Waals surface area contributed by atoms with E-state index in [4.69, 9.17) is 0 Å². The summed E-state index contributed by atoms with van der Waals surface area (Å²) < 4.78 is 27.3. The first kappa shape index (κ1) is 18.4. The van der Waals surface area contributed by atoms with E-state index in [0.29, 0.717) is 25.2 Å². The lowest BCUT2D eigenvalue weighted by atomic mass is 9.98. The summed E-state index contributed by atoms with van der Waals surface area (Å²) in [6, 6.07) is 1.36. The number of anilines is 1. The van der Waals surface area contributed by atoms with Crippen molar-refractivity contribution in [1.29, 1.82) is 0 Å². The number of hydrogen-bond acceptors (Lipinski definition) is 5. The molecule has 1 aromatic carbocycles. The average Bonchev–Trinajstić information content (AvgIpc) is 3.34. The molecule has 1 heterocycles. The van der Waals surface area contributed by atoms with Crippen molar-refractivity contribution in [1.82, 2.24) is 10.0 Å². The van der Waals surface area contributed by atoms with Gasteiger partial charge >= 0.3 is 6.03 Å². The second-order valence-electron chi connectivity index (χ2n) is 7.63. The van der Waals surface area contributed by atoms with Crippen LogP contribution in [0.3, 0.4) is 0 Å². The molecule has 1 aromatic rings. The van der Waals surface area contributed by atoms with Crippen LogP contribution in [-0.2, 0) is 40.5 Å². The summed E-state index contributed by atoms with van der Waals surface area (Å²) in [7, 11) is -3.83. The van der Waals surface area contributed by atoms with E-state index in [9.17, 15) is 18.0 Å². The van der Waals surface area contributed by atoms with Gasteiger partial charge in [-0.05, 0) is 73.7 Å². The molecule has 1 fully saturated rings. The molecule has 0 aromatic heterocycles. The highest BCUT2D eigenvalue weighted by atomic mass is 32.2. The maximum absolute atomic E-state index is 13.0. The Kier molecular flexibility index (Phi) is 4.71. The lowest BCUT2D eigenvalue weighted by Gasteiger charge is -2.26. The minimum absolute atomic E-state index is 0.318. The van der Waals surface area contributed by atoms with Gasteiger partial charge in [0.2, 0.25) is 15.9 Å². The highest BCUT2D eigenvalue weighted by molar-refractivity contribution is 7.90. The van der Waals surface area contributed by atoms with Gasteiger partial charge in [-0.25, -0.2) is 22.8 Å². The lowest BCUT2D eigenvalue weighted by molar-refractivity contribution is -0.115. The fourth-order valence-corrected chi connectivity index (χ4v) is 5.87. The van der Waals surface area contributed by atoms with E-state index in [-0.39, 0.29) is 0 Å². The van der Waals surface area contributed by atoms with Gasteiger partial charge < -0.3 is 5.32 Å². The van der Waals surface area contributed by atoms with Crippen molar-refractivity contribution < 1.29 is 18.0 Å². The van der Waals surface area contributed by atoms with Crippen molar-refractivity contribution in [3.63, 3.8) is 0 Å². The molecule has 8 heteroatoms. The topological polar surface area (TPSA) is 95.6 Å². The minimum Gasteiger partial charge on any atom is -0.315 e. The van der Waals surface area contributed by atoms with Crippen LogP contribution in [0.25, 0.3) is 0 Å². The van der Waals surface area contributed by atoms with Crippen molar-refractivity contribution in [3.8, 4) is 0 Å². The summed E-state index contributed by atoms with van der Waals surface area (Å²) in [6.07, 6.45) is 5.95. The first-order valence-electron chi connectivity index (χ1n) is 9.62. The molecule has 4 rings (SSSR count). The zero-order valence-electron chi connectivity index (χ0n) is 15.5. The number of imide groups is 1. The first-order valence-corrected chi connectivity index (χ1v) is 11.2. The second kappa shape index (κ2) is 6.91. The van der Waals surface area contributed by atoms with E-state index in [2.05, 4.69) is 16.1 Å². The van der Waals surface area contributed by atoms with E-state index in [1.165, 1.54) is 18.1 Å². The number of nitrogens with one attached hydrogen (secondary N) is 2. The highest BCUT2D eigenvalue weighted by Gasteiger charge is 2.36. The van der Waals surface area contributed by atoms with Gasteiger partial charge in [0.15, 0.2) is 0 Å². The molecule has 27 heavy (non-hydrogen) atoms. The van der Waals surface area contributed by atoms with Crippen molar-refractivity contribution >= 4 is 27.6 Å². The fraction of sp³-hybridized carbons (Fsp3) is 0.579. The van der Waals surface area contributed by atoms with Crippen LogP contribution in [0.5, 0.6) is 0 Å². The molecule has 3 aliphatic rings. The van der Waals surface area contributed by atoms with E-state index >= 15 is 0 Å². The van der Waals surface area contributed by atoms with Gasteiger partial charge in [0.25, 0.3) is 0 Å². The van der Waals surface area contributed by atoms with E-state index in [0.717, 1.165) is 54.6 Å². The minimum atomic E-state index is -3.83. The van der Waals surface area contributed by atoms with Crippen LogP contribution in [0.1, 0.15) is 48.4 Å². The van der Waals surface area contributed by atoms with Crippen LogP contribution < -0.4 is 14.9 Å². The lowest BCUT2D eigenvalue weighted by Crippen LogP contribution is -2.49. The Balaban J connectivity index is 1.72. The summed E-state index contributed by atoms with van der Waals surface area (Å²) in [5.74, 6) is -0.457. The molecule has 3 amide bonds. The van der Waals surface area contributed by atoms with Crippen molar-refractivity contribution in [2.75, 3.05) is 18.0 Å². The summed E-state index contributed by atoms with van der Waals surface area (Å²) >= 11 is 0. The van der Waals surface area contributed by atoms with Crippen LogP contribution in [0.4, 0.5) is 10.5 Å². The number of carbonyl (C=O) groups is 2. The first-order chi connectivity index (χ1) is 12.9. The second-order valence-corrected chi connectivity index (χ2v) is 9.59. The Morgan fingerprint density at radius 1 is 1.11 bits per heavy atom. The Bertz CT molecular complexity index is 872.